The third-order valence-electron chi connectivity index (χ3n) is 2.69. The molecular formula is C13H14N4O3. The van der Waals surface area contributed by atoms with E-state index < -0.39 is 11.9 Å². The van der Waals surface area contributed by atoms with Gasteiger partial charge in [0.2, 0.25) is 0 Å². The SMILES string of the molecule is Cn1ccc(CCNC(=O)c2ncccc2C(=O)O)n1. The molecule has 7 heteroatoms. The molecule has 20 heavy (non-hydrogen) atoms. The van der Waals surface area contributed by atoms with Gasteiger partial charge >= 0.3 is 5.97 Å². The van der Waals surface area contributed by atoms with Gasteiger partial charge in [0, 0.05) is 32.4 Å². The highest BCUT2D eigenvalue weighted by atomic mass is 16.4. The van der Waals surface area contributed by atoms with Crippen molar-refractivity contribution in [2.24, 2.45) is 7.05 Å². The van der Waals surface area contributed by atoms with E-state index in [2.05, 4.69) is 15.4 Å². The van der Waals surface area contributed by atoms with Gasteiger partial charge < -0.3 is 10.4 Å². The summed E-state index contributed by atoms with van der Waals surface area (Å²) < 4.78 is 1.68. The van der Waals surface area contributed by atoms with Crippen molar-refractivity contribution in [3.63, 3.8) is 0 Å². The maximum Gasteiger partial charge on any atom is 0.338 e. The zero-order chi connectivity index (χ0) is 14.5. The van der Waals surface area contributed by atoms with Gasteiger partial charge in [-0.1, -0.05) is 0 Å². The average Bonchev–Trinajstić information content (AvgIpc) is 2.84. The van der Waals surface area contributed by atoms with Crippen molar-refractivity contribution in [3.05, 3.63) is 47.5 Å². The molecule has 1 amide bonds. The molecule has 2 aromatic heterocycles. The Morgan fingerprint density at radius 3 is 2.85 bits per heavy atom. The van der Waals surface area contributed by atoms with Crippen LogP contribution in [0.2, 0.25) is 0 Å². The van der Waals surface area contributed by atoms with Gasteiger partial charge in [-0.25, -0.2) is 4.79 Å². The summed E-state index contributed by atoms with van der Waals surface area (Å²) in [5.41, 5.74) is 0.663. The predicted molar refractivity (Wildman–Crippen MR) is 70.4 cm³/mol. The lowest BCUT2D eigenvalue weighted by Gasteiger charge is -2.05. The van der Waals surface area contributed by atoms with Gasteiger partial charge in [0.05, 0.1) is 11.3 Å². The molecule has 0 unspecified atom stereocenters. The quantitative estimate of drug-likeness (QED) is 0.826. The van der Waals surface area contributed by atoms with Crippen LogP contribution < -0.4 is 5.32 Å². The van der Waals surface area contributed by atoms with Crippen LogP contribution in [0.15, 0.2) is 30.6 Å². The second kappa shape index (κ2) is 5.96. The highest BCUT2D eigenvalue weighted by Gasteiger charge is 2.16. The van der Waals surface area contributed by atoms with E-state index in [1.165, 1.54) is 18.3 Å². The summed E-state index contributed by atoms with van der Waals surface area (Å²) in [6, 6.07) is 4.69. The lowest BCUT2D eigenvalue weighted by Crippen LogP contribution is -2.28. The van der Waals surface area contributed by atoms with E-state index in [1.807, 2.05) is 19.3 Å². The van der Waals surface area contributed by atoms with Gasteiger partial charge in [-0.15, -0.1) is 0 Å². The Labute approximate surface area is 115 Å². The minimum atomic E-state index is -1.17. The van der Waals surface area contributed by atoms with Gasteiger partial charge in [0.1, 0.15) is 5.69 Å². The minimum absolute atomic E-state index is 0.0824. The number of pyridine rings is 1. The Morgan fingerprint density at radius 1 is 1.40 bits per heavy atom. The molecule has 0 aromatic carbocycles. The number of carboxylic acid groups (broad SMARTS) is 1. The summed E-state index contributed by atoms with van der Waals surface area (Å²) >= 11 is 0. The van der Waals surface area contributed by atoms with Gasteiger partial charge in [-0.3, -0.25) is 14.5 Å². The largest absolute Gasteiger partial charge is 0.478 e. The van der Waals surface area contributed by atoms with Crippen LogP contribution in [-0.2, 0) is 13.5 Å². The average molecular weight is 274 g/mol. The Balaban J connectivity index is 1.97. The number of aryl methyl sites for hydroxylation is 1. The van der Waals surface area contributed by atoms with Crippen LogP contribution in [0, 0.1) is 0 Å². The van der Waals surface area contributed by atoms with E-state index in [-0.39, 0.29) is 11.3 Å². The Morgan fingerprint density at radius 2 is 2.20 bits per heavy atom. The van der Waals surface area contributed by atoms with Crippen molar-refractivity contribution in [3.8, 4) is 0 Å². The highest BCUT2D eigenvalue weighted by molar-refractivity contribution is 6.03. The van der Waals surface area contributed by atoms with Crippen LogP contribution in [0.25, 0.3) is 0 Å². The number of aromatic carboxylic acids is 1. The maximum atomic E-state index is 11.9. The number of rotatable bonds is 5. The zero-order valence-corrected chi connectivity index (χ0v) is 10.9. The highest BCUT2D eigenvalue weighted by Crippen LogP contribution is 2.05. The normalized spacial score (nSPS) is 10.2. The lowest BCUT2D eigenvalue weighted by atomic mass is 10.2. The molecule has 0 fully saturated rings. The molecular weight excluding hydrogens is 260 g/mol. The summed E-state index contributed by atoms with van der Waals surface area (Å²) in [4.78, 5) is 26.7. The molecule has 0 aliphatic heterocycles. The molecule has 2 aromatic rings. The third-order valence-corrected chi connectivity index (χ3v) is 2.69. The Bertz CT molecular complexity index is 636. The molecule has 0 radical (unpaired) electrons. The molecule has 2 N–H and O–H groups in total. The van der Waals surface area contributed by atoms with Crippen molar-refractivity contribution < 1.29 is 14.7 Å². The summed E-state index contributed by atoms with van der Waals surface area (Å²) in [5, 5.41) is 15.8. The Kier molecular flexibility index (Phi) is 4.09. The van der Waals surface area contributed by atoms with E-state index in [0.717, 1.165) is 5.69 Å². The molecule has 0 atom stereocenters. The van der Waals surface area contributed by atoms with Crippen LogP contribution in [0.4, 0.5) is 0 Å². The standard InChI is InChI=1S/C13H14N4O3/c1-17-8-5-9(16-17)4-7-15-12(18)11-10(13(19)20)3-2-6-14-11/h2-3,5-6,8H,4,7H2,1H3,(H,15,18)(H,19,20). The first-order valence-corrected chi connectivity index (χ1v) is 6.03. The van der Waals surface area contributed by atoms with Crippen molar-refractivity contribution >= 4 is 11.9 Å². The summed E-state index contributed by atoms with van der Waals surface area (Å²) in [6.45, 7) is 0.367. The van der Waals surface area contributed by atoms with Crippen molar-refractivity contribution in [1.29, 1.82) is 0 Å². The Hall–Kier alpha value is -2.70. The monoisotopic (exact) mass is 274 g/mol. The van der Waals surface area contributed by atoms with Gasteiger partial charge in [0.15, 0.2) is 0 Å². The smallest absolute Gasteiger partial charge is 0.338 e. The van der Waals surface area contributed by atoms with Crippen LogP contribution in [0.3, 0.4) is 0 Å². The van der Waals surface area contributed by atoms with Crippen LogP contribution in [-0.4, -0.2) is 38.3 Å². The second-order valence-corrected chi connectivity index (χ2v) is 4.19. The number of hydrogen-bond acceptors (Lipinski definition) is 4. The van der Waals surface area contributed by atoms with Crippen LogP contribution in [0.1, 0.15) is 26.5 Å². The number of hydrogen-bond donors (Lipinski definition) is 2. The van der Waals surface area contributed by atoms with E-state index in [4.69, 9.17) is 5.11 Å². The summed E-state index contributed by atoms with van der Waals surface area (Å²) in [6.07, 6.45) is 3.78. The molecule has 104 valence electrons. The number of nitrogens with zero attached hydrogens (tertiary/aromatic N) is 3. The molecule has 0 saturated heterocycles. The second-order valence-electron chi connectivity index (χ2n) is 4.19. The molecule has 2 heterocycles. The number of amides is 1. The zero-order valence-electron chi connectivity index (χ0n) is 10.9. The number of carboxylic acids is 1. The molecule has 0 saturated carbocycles. The lowest BCUT2D eigenvalue weighted by molar-refractivity contribution is 0.0690. The van der Waals surface area contributed by atoms with E-state index >= 15 is 0 Å². The summed E-state index contributed by atoms with van der Waals surface area (Å²) in [7, 11) is 1.81. The number of aromatic nitrogens is 3. The first-order chi connectivity index (χ1) is 9.58. The van der Waals surface area contributed by atoms with Crippen molar-refractivity contribution in [2.45, 2.75) is 6.42 Å². The number of nitrogens with one attached hydrogen (secondary N) is 1. The number of carbonyl (C=O) groups is 2. The molecule has 2 rings (SSSR count). The first-order valence-electron chi connectivity index (χ1n) is 6.03. The fourth-order valence-electron chi connectivity index (χ4n) is 1.74. The molecule has 0 spiro atoms. The van der Waals surface area contributed by atoms with Crippen LogP contribution >= 0.6 is 0 Å². The molecule has 7 nitrogen and oxygen atoms in total. The van der Waals surface area contributed by atoms with Crippen LogP contribution in [0.5, 0.6) is 0 Å². The number of carbonyl (C=O) groups excluding carboxylic acids is 1. The van der Waals surface area contributed by atoms with E-state index in [9.17, 15) is 9.59 Å². The first kappa shape index (κ1) is 13.7. The molecule has 0 bridgehead atoms. The maximum absolute atomic E-state index is 11.9. The summed E-state index contributed by atoms with van der Waals surface area (Å²) in [5.74, 6) is -1.67. The fourth-order valence-corrected chi connectivity index (χ4v) is 1.74. The van der Waals surface area contributed by atoms with E-state index in [1.54, 1.807) is 4.68 Å². The van der Waals surface area contributed by atoms with E-state index in [0.29, 0.717) is 13.0 Å². The van der Waals surface area contributed by atoms with Crippen molar-refractivity contribution in [2.75, 3.05) is 6.54 Å². The van der Waals surface area contributed by atoms with Crippen molar-refractivity contribution in [1.82, 2.24) is 20.1 Å². The minimum Gasteiger partial charge on any atom is -0.478 e. The van der Waals surface area contributed by atoms with Gasteiger partial charge in [-0.2, -0.15) is 5.10 Å². The molecule has 0 aliphatic rings. The fraction of sp³-hybridized carbons (Fsp3) is 0.231. The molecule has 0 aliphatic carbocycles. The van der Waals surface area contributed by atoms with Gasteiger partial charge in [-0.05, 0) is 18.2 Å². The third kappa shape index (κ3) is 3.19. The topological polar surface area (TPSA) is 97.1 Å². The van der Waals surface area contributed by atoms with Gasteiger partial charge in [0.25, 0.3) is 5.91 Å². The predicted octanol–water partition coefficient (Wildman–Crippen LogP) is 0.486.